The van der Waals surface area contributed by atoms with E-state index in [4.69, 9.17) is 34.9 Å². The van der Waals surface area contributed by atoms with Gasteiger partial charge >= 0.3 is 0 Å². The quantitative estimate of drug-likeness (QED) is 0.156. The number of hydrogen-bond acceptors (Lipinski definition) is 7. The molecule has 0 saturated heterocycles. The van der Waals surface area contributed by atoms with E-state index in [0.29, 0.717) is 29.5 Å². The van der Waals surface area contributed by atoms with Crippen molar-refractivity contribution in [1.82, 2.24) is 48.6 Å². The van der Waals surface area contributed by atoms with E-state index in [9.17, 15) is 0 Å². The average Bonchev–Trinajstić information content (AvgIpc) is 1.70. The largest absolute Gasteiger partial charge is 0.278 e. The van der Waals surface area contributed by atoms with Crippen molar-refractivity contribution in [2.24, 2.45) is 0 Å². The summed E-state index contributed by atoms with van der Waals surface area (Å²) in [5.41, 5.74) is 29.9. The Hall–Kier alpha value is -18.3. The zero-order valence-electron chi connectivity index (χ0n) is 80.0. The van der Waals surface area contributed by atoms with Crippen LogP contribution in [-0.2, 0) is 16.2 Å². The van der Waals surface area contributed by atoms with Crippen molar-refractivity contribution in [3.63, 3.8) is 0 Å². The van der Waals surface area contributed by atoms with Crippen LogP contribution in [0.5, 0.6) is 0 Å². The molecule has 0 N–H and O–H groups in total. The van der Waals surface area contributed by atoms with Crippen LogP contribution in [0.3, 0.4) is 0 Å². The molecule has 3 aliphatic rings. The molecule has 0 unspecified atom stereocenters. The van der Waals surface area contributed by atoms with E-state index in [-0.39, 0.29) is 16.2 Å². The van der Waals surface area contributed by atoms with Gasteiger partial charge in [0, 0.05) is 98.3 Å². The molecule has 0 spiro atoms. The monoisotopic (exact) mass is 1840 g/mol. The van der Waals surface area contributed by atoms with E-state index in [1.54, 1.807) is 0 Å². The van der Waals surface area contributed by atoms with Crippen molar-refractivity contribution in [3.8, 4) is 96.5 Å². The third-order valence-electron chi connectivity index (χ3n) is 31.5. The highest BCUT2D eigenvalue weighted by Gasteiger charge is 2.41. The standard InChI is InChI=1S/C47H31N3.C44H30N4.C43H29N3/c1-47(2)36-19-9-7-17-34(36)43-41-31(15-11-20-37(41)47)27-40-44(43)42-33-16-6-5-13-29(33)24-25-39(42)50(40)46-48-38-21-10-8-18-35(38)45(49-46)32-23-22-28-12-3-4-14-30(28)26-32;1-44(2)33-22-12-11-21-32(33)39-37-30(19-13-23-34(37)44)26-36-40(39)38-31-20-10-9-14-27(31)24-25-35(38)48(36)43-46-41(28-15-5-3-6-16-28)45-42(47-43)29-17-7-4-8-18-29;1-43(2)32-20-10-8-18-30(32)39-37-28(16-12-21-33(37)43)25-36-40(39)38-29-17-7-6-13-26(29)23-24-35(38)46(36)42-44-34-22-11-9-19-31(34)41(45-42)27-14-4-3-5-15-27/h3-27H,1-2H3;3-26H,1-2H3;3-25H,1-2H3. The van der Waals surface area contributed by atoms with Gasteiger partial charge in [0.2, 0.25) is 17.8 Å². The van der Waals surface area contributed by atoms with Gasteiger partial charge in [0.1, 0.15) is 0 Å². The molecule has 10 nitrogen and oxygen atoms in total. The molecule has 144 heavy (non-hydrogen) atoms. The first-order chi connectivity index (χ1) is 70.7. The molecule has 6 heterocycles. The normalized spacial score (nSPS) is 13.5. The molecular weight excluding hydrogens is 1750 g/mol. The summed E-state index contributed by atoms with van der Waals surface area (Å²) in [4.78, 5) is 36.9. The third-order valence-corrected chi connectivity index (χ3v) is 31.5. The van der Waals surface area contributed by atoms with Crippen molar-refractivity contribution in [1.29, 1.82) is 0 Å². The minimum atomic E-state index is -0.138. The van der Waals surface area contributed by atoms with Crippen molar-refractivity contribution < 1.29 is 0 Å². The molecular formula is C134H90N10. The number of rotatable bonds is 7. The Bertz CT molecular complexity index is 10300. The molecule has 10 heteroatoms. The van der Waals surface area contributed by atoms with Gasteiger partial charge in [0.05, 0.1) is 55.5 Å². The molecule has 0 aliphatic heterocycles. The number of hydrogen-bond donors (Lipinski definition) is 0. The van der Waals surface area contributed by atoms with E-state index < -0.39 is 0 Å². The van der Waals surface area contributed by atoms with Gasteiger partial charge < -0.3 is 0 Å². The second-order valence-electron chi connectivity index (χ2n) is 40.4. The van der Waals surface area contributed by atoms with Crippen LogP contribution < -0.4 is 0 Å². The molecule has 31 rings (SSSR count). The SMILES string of the molecule is CC1(C)c2ccccc2-c2c3c1cccc3cc1c2c2c3ccccc3ccc2n1-c1nc(-c2ccc3ccccc3c2)c2ccccc2n1.CC1(C)c2ccccc2-c2c3c1cccc3cc1c2c2c3ccccc3ccc2n1-c1nc(-c2ccccc2)c2ccccc2n1.CC1(C)c2ccccc2-c2c3c1cccc3cc1c2c2c3ccccc3ccc2n1-c1nc(-c2ccccc2)nc(-c2ccccc2)n1. The van der Waals surface area contributed by atoms with Crippen LogP contribution >= 0.6 is 0 Å². The number of fused-ring (bicyclic) bond motifs is 27. The van der Waals surface area contributed by atoms with Gasteiger partial charge in [0.25, 0.3) is 0 Å². The molecule has 28 aromatic rings. The van der Waals surface area contributed by atoms with E-state index in [2.05, 4.69) is 456 Å². The van der Waals surface area contributed by atoms with Gasteiger partial charge in [-0.1, -0.05) is 424 Å². The van der Waals surface area contributed by atoms with Gasteiger partial charge in [-0.25, -0.2) is 24.9 Å². The first-order valence-corrected chi connectivity index (χ1v) is 49.8. The van der Waals surface area contributed by atoms with Crippen LogP contribution in [0, 0.1) is 0 Å². The van der Waals surface area contributed by atoms with Gasteiger partial charge in [0.15, 0.2) is 11.6 Å². The van der Waals surface area contributed by atoms with Crippen LogP contribution in [0.1, 0.15) is 74.9 Å². The van der Waals surface area contributed by atoms with Gasteiger partial charge in [-0.15, -0.1) is 0 Å². The summed E-state index contributed by atoms with van der Waals surface area (Å²) in [7, 11) is 0. The van der Waals surface area contributed by atoms with Crippen LogP contribution in [0.4, 0.5) is 0 Å². The van der Waals surface area contributed by atoms with E-state index >= 15 is 0 Å². The fraction of sp³-hybridized carbons (Fsp3) is 0.0672. The van der Waals surface area contributed by atoms with Gasteiger partial charge in [-0.05, 0) is 180 Å². The van der Waals surface area contributed by atoms with Crippen molar-refractivity contribution in [2.45, 2.75) is 57.8 Å². The second kappa shape index (κ2) is 31.4. The molecule has 0 radical (unpaired) electrons. The van der Waals surface area contributed by atoms with Crippen LogP contribution in [0.25, 0.3) is 259 Å². The average molecular weight is 1840 g/mol. The highest BCUT2D eigenvalue weighted by Crippen LogP contribution is 2.59. The third kappa shape index (κ3) is 12.2. The molecule has 0 fully saturated rings. The van der Waals surface area contributed by atoms with Crippen LogP contribution in [0.2, 0.25) is 0 Å². The summed E-state index contributed by atoms with van der Waals surface area (Å²) in [6.45, 7) is 14.2. The summed E-state index contributed by atoms with van der Waals surface area (Å²) in [5, 5.41) is 27.0. The van der Waals surface area contributed by atoms with Crippen molar-refractivity contribution in [2.75, 3.05) is 0 Å². The van der Waals surface area contributed by atoms with E-state index in [0.717, 1.165) is 88.5 Å². The first kappa shape index (κ1) is 82.8. The maximum absolute atomic E-state index is 5.49. The summed E-state index contributed by atoms with van der Waals surface area (Å²) >= 11 is 0. The summed E-state index contributed by atoms with van der Waals surface area (Å²) < 4.78 is 6.89. The molecule has 0 saturated carbocycles. The minimum Gasteiger partial charge on any atom is -0.278 e. The number of aromatic nitrogens is 10. The van der Waals surface area contributed by atoms with E-state index in [1.165, 1.54) is 174 Å². The summed E-state index contributed by atoms with van der Waals surface area (Å²) in [5.74, 6) is 3.25. The number of para-hydroxylation sites is 2. The lowest BCUT2D eigenvalue weighted by Gasteiger charge is -2.35. The highest BCUT2D eigenvalue weighted by atomic mass is 15.2. The Morgan fingerprint density at radius 3 is 0.854 bits per heavy atom. The minimum absolute atomic E-state index is 0.122. The molecule has 0 bridgehead atoms. The summed E-state index contributed by atoms with van der Waals surface area (Å²) in [6.07, 6.45) is 0. The zero-order valence-corrected chi connectivity index (χ0v) is 80.0. The Morgan fingerprint density at radius 2 is 0.465 bits per heavy atom. The maximum atomic E-state index is 5.49. The van der Waals surface area contributed by atoms with Crippen LogP contribution in [0.15, 0.2) is 437 Å². The molecule has 22 aromatic carbocycles. The second-order valence-corrected chi connectivity index (χ2v) is 40.4. The maximum Gasteiger partial charge on any atom is 0.238 e. The molecule has 676 valence electrons. The molecule has 6 aromatic heterocycles. The topological polar surface area (TPSA) is 105 Å². The number of benzene rings is 22. The Labute approximate surface area is 829 Å². The van der Waals surface area contributed by atoms with Gasteiger partial charge in [-0.2, -0.15) is 9.97 Å². The lowest BCUT2D eigenvalue weighted by atomic mass is 9.68. The van der Waals surface area contributed by atoms with Crippen molar-refractivity contribution in [3.05, 3.63) is 470 Å². The van der Waals surface area contributed by atoms with Crippen LogP contribution in [-0.4, -0.2) is 48.6 Å². The molecule has 3 aliphatic carbocycles. The molecule has 0 amide bonds. The highest BCUT2D eigenvalue weighted by molar-refractivity contribution is 6.34. The van der Waals surface area contributed by atoms with E-state index in [1.807, 2.05) is 36.4 Å². The lowest BCUT2D eigenvalue weighted by molar-refractivity contribution is 0.645. The number of nitrogens with zero attached hydrogens (tertiary/aromatic N) is 10. The van der Waals surface area contributed by atoms with Gasteiger partial charge in [-0.3, -0.25) is 13.7 Å². The Morgan fingerprint density at radius 1 is 0.174 bits per heavy atom. The zero-order chi connectivity index (χ0) is 95.7. The Balaban J connectivity index is 0.000000103. The Kier molecular flexibility index (Phi) is 18.0. The predicted molar refractivity (Wildman–Crippen MR) is 599 cm³/mol. The first-order valence-electron chi connectivity index (χ1n) is 49.8. The van der Waals surface area contributed by atoms with Crippen molar-refractivity contribution >= 4 is 163 Å². The smallest absolute Gasteiger partial charge is 0.238 e. The fourth-order valence-electron chi connectivity index (χ4n) is 24.9. The predicted octanol–water partition coefficient (Wildman–Crippen LogP) is 34.1. The molecule has 0 atom stereocenters. The summed E-state index contributed by atoms with van der Waals surface area (Å²) in [6, 6.07) is 157. The lowest BCUT2D eigenvalue weighted by Crippen LogP contribution is -2.23. The fourth-order valence-corrected chi connectivity index (χ4v) is 24.9.